The van der Waals surface area contributed by atoms with E-state index in [1.54, 1.807) is 0 Å². The molecule has 0 spiro atoms. The SMILES string of the molecule is Cc1ccc(NN=C(Cc2nc3ccccc3[nH]2)c2ccccc2)cc1. The second kappa shape index (κ2) is 7.23. The molecule has 0 bridgehead atoms. The van der Waals surface area contributed by atoms with Gasteiger partial charge in [-0.2, -0.15) is 5.10 Å². The lowest BCUT2D eigenvalue weighted by atomic mass is 10.1. The minimum atomic E-state index is 0.623. The third-order valence-electron chi connectivity index (χ3n) is 4.25. The number of hydrazone groups is 1. The number of hydrogen-bond donors (Lipinski definition) is 2. The van der Waals surface area contributed by atoms with E-state index < -0.39 is 0 Å². The first-order chi connectivity index (χ1) is 12.8. The van der Waals surface area contributed by atoms with E-state index in [-0.39, 0.29) is 0 Å². The van der Waals surface area contributed by atoms with Gasteiger partial charge in [0.2, 0.25) is 0 Å². The molecule has 0 aliphatic heterocycles. The van der Waals surface area contributed by atoms with E-state index in [1.807, 2.05) is 54.6 Å². The number of fused-ring (bicyclic) bond motifs is 1. The molecule has 0 aliphatic carbocycles. The molecule has 4 nitrogen and oxygen atoms in total. The van der Waals surface area contributed by atoms with Crippen LogP contribution < -0.4 is 5.43 Å². The van der Waals surface area contributed by atoms with Gasteiger partial charge in [-0.3, -0.25) is 5.43 Å². The number of rotatable bonds is 5. The third-order valence-corrected chi connectivity index (χ3v) is 4.25. The van der Waals surface area contributed by atoms with Gasteiger partial charge in [-0.05, 0) is 36.8 Å². The van der Waals surface area contributed by atoms with E-state index in [9.17, 15) is 0 Å². The van der Waals surface area contributed by atoms with Gasteiger partial charge in [0.1, 0.15) is 5.82 Å². The van der Waals surface area contributed by atoms with E-state index in [4.69, 9.17) is 0 Å². The summed E-state index contributed by atoms with van der Waals surface area (Å²) in [4.78, 5) is 8.06. The van der Waals surface area contributed by atoms with Gasteiger partial charge in [-0.1, -0.05) is 60.2 Å². The van der Waals surface area contributed by atoms with Crippen LogP contribution in [0.1, 0.15) is 17.0 Å². The van der Waals surface area contributed by atoms with Gasteiger partial charge >= 0.3 is 0 Å². The van der Waals surface area contributed by atoms with Crippen LogP contribution in [0.25, 0.3) is 11.0 Å². The number of aryl methyl sites for hydroxylation is 1. The predicted octanol–water partition coefficient (Wildman–Crippen LogP) is 4.93. The molecule has 3 aromatic carbocycles. The molecule has 0 unspecified atom stereocenters. The molecular formula is C22H20N4. The molecule has 4 heteroatoms. The van der Waals surface area contributed by atoms with Crippen LogP contribution in [0, 0.1) is 6.92 Å². The van der Waals surface area contributed by atoms with Crippen LogP contribution in [0.15, 0.2) is 84.0 Å². The van der Waals surface area contributed by atoms with Crippen molar-refractivity contribution in [3.63, 3.8) is 0 Å². The summed E-state index contributed by atoms with van der Waals surface area (Å²) >= 11 is 0. The predicted molar refractivity (Wildman–Crippen MR) is 108 cm³/mol. The van der Waals surface area contributed by atoms with Crippen LogP contribution in [-0.4, -0.2) is 15.7 Å². The number of nitrogens with zero attached hydrogens (tertiary/aromatic N) is 2. The van der Waals surface area contributed by atoms with Gasteiger partial charge in [0, 0.05) is 0 Å². The fraction of sp³-hybridized carbons (Fsp3) is 0.0909. The molecule has 0 aliphatic rings. The molecule has 0 saturated carbocycles. The standard InChI is InChI=1S/C22H20N4/c1-16-11-13-18(14-12-16)25-26-21(17-7-3-2-4-8-17)15-22-23-19-9-5-6-10-20(19)24-22/h2-14,25H,15H2,1H3,(H,23,24). The Kier molecular flexibility index (Phi) is 4.48. The summed E-state index contributed by atoms with van der Waals surface area (Å²) in [5.41, 5.74) is 9.39. The fourth-order valence-corrected chi connectivity index (χ4v) is 2.84. The number of anilines is 1. The van der Waals surface area contributed by atoms with E-state index in [0.717, 1.165) is 33.8 Å². The van der Waals surface area contributed by atoms with Crippen LogP contribution in [0.2, 0.25) is 0 Å². The molecule has 4 rings (SSSR count). The molecule has 128 valence electrons. The Morgan fingerprint density at radius 2 is 1.65 bits per heavy atom. The maximum atomic E-state index is 4.68. The number of benzene rings is 3. The summed E-state index contributed by atoms with van der Waals surface area (Å²) < 4.78 is 0. The number of nitrogens with one attached hydrogen (secondary N) is 2. The second-order valence-corrected chi connectivity index (χ2v) is 6.28. The van der Waals surface area contributed by atoms with Crippen LogP contribution in [-0.2, 0) is 6.42 Å². The number of aromatic amines is 1. The van der Waals surface area contributed by atoms with Gasteiger partial charge in [0.05, 0.1) is 28.9 Å². The van der Waals surface area contributed by atoms with E-state index >= 15 is 0 Å². The summed E-state index contributed by atoms with van der Waals surface area (Å²) in [6, 6.07) is 26.4. The number of para-hydroxylation sites is 2. The van der Waals surface area contributed by atoms with Crippen LogP contribution in [0.5, 0.6) is 0 Å². The number of imidazole rings is 1. The number of aromatic nitrogens is 2. The van der Waals surface area contributed by atoms with Crippen LogP contribution in [0.4, 0.5) is 5.69 Å². The topological polar surface area (TPSA) is 53.1 Å². The first-order valence-electron chi connectivity index (χ1n) is 8.66. The fourth-order valence-electron chi connectivity index (χ4n) is 2.84. The average molecular weight is 340 g/mol. The van der Waals surface area contributed by atoms with Gasteiger partial charge in [0.15, 0.2) is 0 Å². The highest BCUT2D eigenvalue weighted by atomic mass is 15.3. The Morgan fingerprint density at radius 1 is 0.923 bits per heavy atom. The normalized spacial score (nSPS) is 11.7. The van der Waals surface area contributed by atoms with Crippen molar-refractivity contribution in [2.24, 2.45) is 5.10 Å². The van der Waals surface area contributed by atoms with Crippen molar-refractivity contribution in [2.75, 3.05) is 5.43 Å². The molecule has 2 N–H and O–H groups in total. The van der Waals surface area contributed by atoms with Gasteiger partial charge in [-0.15, -0.1) is 0 Å². The lowest BCUT2D eigenvalue weighted by Gasteiger charge is -2.07. The van der Waals surface area contributed by atoms with Crippen molar-refractivity contribution in [1.29, 1.82) is 0 Å². The Labute approximate surface area is 152 Å². The Bertz CT molecular complexity index is 998. The summed E-state index contributed by atoms with van der Waals surface area (Å²) in [6.07, 6.45) is 0.623. The Morgan fingerprint density at radius 3 is 2.42 bits per heavy atom. The highest BCUT2D eigenvalue weighted by Crippen LogP contribution is 2.14. The van der Waals surface area contributed by atoms with E-state index in [1.165, 1.54) is 5.56 Å². The first kappa shape index (κ1) is 16.1. The lowest BCUT2D eigenvalue weighted by molar-refractivity contribution is 1.09. The minimum absolute atomic E-state index is 0.623. The quantitative estimate of drug-likeness (QED) is 0.400. The van der Waals surface area contributed by atoms with Crippen molar-refractivity contribution in [1.82, 2.24) is 9.97 Å². The molecule has 1 aromatic heterocycles. The highest BCUT2D eigenvalue weighted by molar-refractivity contribution is 6.02. The molecule has 0 radical (unpaired) electrons. The molecule has 0 atom stereocenters. The smallest absolute Gasteiger partial charge is 0.113 e. The molecular weight excluding hydrogens is 320 g/mol. The molecule has 1 heterocycles. The van der Waals surface area contributed by atoms with Gasteiger partial charge < -0.3 is 4.98 Å². The monoisotopic (exact) mass is 340 g/mol. The van der Waals surface area contributed by atoms with Crippen molar-refractivity contribution >= 4 is 22.4 Å². The number of H-pyrrole nitrogens is 1. The highest BCUT2D eigenvalue weighted by Gasteiger charge is 2.09. The Hall–Kier alpha value is -3.40. The maximum Gasteiger partial charge on any atom is 0.113 e. The summed E-state index contributed by atoms with van der Waals surface area (Å²) in [7, 11) is 0. The second-order valence-electron chi connectivity index (χ2n) is 6.28. The van der Waals surface area contributed by atoms with Gasteiger partial charge in [-0.25, -0.2) is 4.98 Å². The van der Waals surface area contributed by atoms with Crippen LogP contribution >= 0.6 is 0 Å². The molecule has 0 saturated heterocycles. The van der Waals surface area contributed by atoms with E-state index in [2.05, 4.69) is 51.7 Å². The van der Waals surface area contributed by atoms with Crippen molar-refractivity contribution in [3.05, 3.63) is 95.8 Å². The zero-order valence-corrected chi connectivity index (χ0v) is 14.6. The zero-order chi connectivity index (χ0) is 17.8. The molecule has 0 amide bonds. The molecule has 4 aromatic rings. The largest absolute Gasteiger partial charge is 0.342 e. The molecule has 26 heavy (non-hydrogen) atoms. The van der Waals surface area contributed by atoms with Crippen LogP contribution in [0.3, 0.4) is 0 Å². The summed E-state index contributed by atoms with van der Waals surface area (Å²) in [6.45, 7) is 2.07. The average Bonchev–Trinajstić information content (AvgIpc) is 3.09. The van der Waals surface area contributed by atoms with E-state index in [0.29, 0.717) is 6.42 Å². The first-order valence-corrected chi connectivity index (χ1v) is 8.66. The zero-order valence-electron chi connectivity index (χ0n) is 14.6. The number of hydrogen-bond acceptors (Lipinski definition) is 3. The summed E-state index contributed by atoms with van der Waals surface area (Å²) in [5, 5.41) is 4.67. The lowest BCUT2D eigenvalue weighted by Crippen LogP contribution is -2.09. The van der Waals surface area contributed by atoms with Gasteiger partial charge in [0.25, 0.3) is 0 Å². The van der Waals surface area contributed by atoms with Crippen molar-refractivity contribution in [3.8, 4) is 0 Å². The maximum absolute atomic E-state index is 4.68. The minimum Gasteiger partial charge on any atom is -0.342 e. The summed E-state index contributed by atoms with van der Waals surface area (Å²) in [5.74, 6) is 0.902. The Balaban J connectivity index is 1.64. The molecule has 0 fully saturated rings. The third kappa shape index (κ3) is 3.64. The van der Waals surface area contributed by atoms with Crippen molar-refractivity contribution < 1.29 is 0 Å². The van der Waals surface area contributed by atoms with Crippen molar-refractivity contribution in [2.45, 2.75) is 13.3 Å².